The van der Waals surface area contributed by atoms with Crippen molar-refractivity contribution in [2.24, 2.45) is 7.05 Å². The molecule has 1 aromatic rings. The van der Waals surface area contributed by atoms with E-state index in [-0.39, 0.29) is 12.2 Å². The minimum atomic E-state index is -0.518. The van der Waals surface area contributed by atoms with Crippen LogP contribution in [0.25, 0.3) is 5.70 Å². The van der Waals surface area contributed by atoms with Crippen molar-refractivity contribution in [2.75, 3.05) is 20.6 Å². The topological polar surface area (TPSA) is 68.6 Å². The van der Waals surface area contributed by atoms with E-state index in [1.807, 2.05) is 61.7 Å². The van der Waals surface area contributed by atoms with E-state index in [4.69, 9.17) is 9.47 Å². The van der Waals surface area contributed by atoms with E-state index in [0.717, 1.165) is 17.0 Å². The Kier molecular flexibility index (Phi) is 6.90. The molecule has 0 aliphatic rings. The predicted octanol–water partition coefficient (Wildman–Crippen LogP) is 2.94. The van der Waals surface area contributed by atoms with Gasteiger partial charge in [0.2, 0.25) is 5.88 Å². The van der Waals surface area contributed by atoms with Crippen LogP contribution in [-0.4, -0.2) is 53.1 Å². The first-order chi connectivity index (χ1) is 11.5. The Bertz CT molecular complexity index is 629. The molecule has 1 aromatic heterocycles. The number of nitrogens with zero attached hydrogens (tertiary/aromatic N) is 3. The van der Waals surface area contributed by atoms with Gasteiger partial charge in [-0.15, -0.1) is 0 Å². The Hall–Kier alpha value is -2.18. The zero-order valence-electron chi connectivity index (χ0n) is 16.9. The van der Waals surface area contributed by atoms with E-state index in [2.05, 4.69) is 10.4 Å². The lowest BCUT2D eigenvalue weighted by atomic mass is 10.1. The van der Waals surface area contributed by atoms with Crippen LogP contribution in [0.5, 0.6) is 5.88 Å². The summed E-state index contributed by atoms with van der Waals surface area (Å²) in [7, 11) is 5.42. The van der Waals surface area contributed by atoms with Gasteiger partial charge in [-0.3, -0.25) is 0 Å². The van der Waals surface area contributed by atoms with Gasteiger partial charge in [0.1, 0.15) is 11.7 Å². The molecular formula is C18H32N4O3. The van der Waals surface area contributed by atoms with E-state index < -0.39 is 5.60 Å². The summed E-state index contributed by atoms with van der Waals surface area (Å²) in [4.78, 5) is 13.6. The largest absolute Gasteiger partial charge is 0.472 e. The molecule has 0 spiro atoms. The van der Waals surface area contributed by atoms with Crippen LogP contribution in [0.15, 0.2) is 6.08 Å². The van der Waals surface area contributed by atoms with Gasteiger partial charge in [-0.2, -0.15) is 5.10 Å². The number of carbonyl (C=O) groups excluding carboxylic acids is 1. The van der Waals surface area contributed by atoms with Gasteiger partial charge in [-0.05, 0) is 41.5 Å². The van der Waals surface area contributed by atoms with E-state index in [1.165, 1.54) is 4.90 Å². The summed E-state index contributed by atoms with van der Waals surface area (Å²) in [6, 6.07) is 0. The molecule has 0 saturated carbocycles. The number of hydrogen-bond donors (Lipinski definition) is 1. The summed E-state index contributed by atoms with van der Waals surface area (Å²) >= 11 is 0. The molecule has 7 heteroatoms. The van der Waals surface area contributed by atoms with Gasteiger partial charge < -0.3 is 19.7 Å². The number of aryl methyl sites for hydroxylation is 2. The number of ether oxygens (including phenoxy) is 2. The predicted molar refractivity (Wildman–Crippen MR) is 99.6 cm³/mol. The Morgan fingerprint density at radius 1 is 1.44 bits per heavy atom. The fourth-order valence-corrected chi connectivity index (χ4v) is 2.52. The van der Waals surface area contributed by atoms with Gasteiger partial charge in [0, 0.05) is 26.8 Å². The first-order valence-corrected chi connectivity index (χ1v) is 8.49. The highest BCUT2D eigenvalue weighted by Gasteiger charge is 2.23. The van der Waals surface area contributed by atoms with E-state index >= 15 is 0 Å². The zero-order valence-corrected chi connectivity index (χ0v) is 16.9. The summed E-state index contributed by atoms with van der Waals surface area (Å²) in [6.07, 6.45) is 1.39. The van der Waals surface area contributed by atoms with Crippen molar-refractivity contribution in [1.82, 2.24) is 20.0 Å². The van der Waals surface area contributed by atoms with Crippen LogP contribution in [0.2, 0.25) is 0 Å². The SMILES string of the molecule is C/C=C(\NC)c1c(C)nn(C)c1O[C@@H](C)CN(C)C(=O)OC(C)(C)C. The molecule has 1 atom stereocenters. The van der Waals surface area contributed by atoms with Gasteiger partial charge in [-0.25, -0.2) is 9.48 Å². The van der Waals surface area contributed by atoms with Crippen molar-refractivity contribution in [2.45, 2.75) is 53.2 Å². The summed E-state index contributed by atoms with van der Waals surface area (Å²) in [6.45, 7) is 11.8. The minimum Gasteiger partial charge on any atom is -0.472 e. The maximum atomic E-state index is 12.1. The van der Waals surface area contributed by atoms with Crippen LogP contribution < -0.4 is 10.1 Å². The first-order valence-electron chi connectivity index (χ1n) is 8.49. The molecule has 0 aromatic carbocycles. The molecule has 0 bridgehead atoms. The normalized spacial score (nSPS) is 13.4. The quantitative estimate of drug-likeness (QED) is 0.852. The molecule has 1 N–H and O–H groups in total. The molecule has 25 heavy (non-hydrogen) atoms. The molecule has 0 radical (unpaired) electrons. The second-order valence-electron chi connectivity index (χ2n) is 7.13. The monoisotopic (exact) mass is 352 g/mol. The van der Waals surface area contributed by atoms with Crippen LogP contribution in [0.3, 0.4) is 0 Å². The number of carbonyl (C=O) groups is 1. The third kappa shape index (κ3) is 5.69. The second-order valence-corrected chi connectivity index (χ2v) is 7.13. The maximum absolute atomic E-state index is 12.1. The fraction of sp³-hybridized carbons (Fsp3) is 0.667. The lowest BCUT2D eigenvalue weighted by molar-refractivity contribution is 0.0233. The van der Waals surface area contributed by atoms with Gasteiger partial charge in [-0.1, -0.05) is 6.08 Å². The summed E-state index contributed by atoms with van der Waals surface area (Å²) in [5, 5.41) is 7.61. The molecule has 7 nitrogen and oxygen atoms in total. The van der Waals surface area contributed by atoms with E-state index in [0.29, 0.717) is 12.4 Å². The Balaban J connectivity index is 2.88. The highest BCUT2D eigenvalue weighted by Crippen LogP contribution is 2.28. The number of amides is 1. The summed E-state index contributed by atoms with van der Waals surface area (Å²) < 4.78 is 13.2. The lowest BCUT2D eigenvalue weighted by Gasteiger charge is -2.27. The standard InChI is InChI=1S/C18H32N4O3/c1-10-14(19-7)15-13(3)20-22(9)16(15)24-12(2)11-21(8)17(23)25-18(4,5)6/h10,12,19H,11H2,1-9H3/b14-10-/t12-/m0/s1. The van der Waals surface area contributed by atoms with Crippen LogP contribution in [0, 0.1) is 6.92 Å². The van der Waals surface area contributed by atoms with Crippen LogP contribution in [0.1, 0.15) is 45.9 Å². The lowest BCUT2D eigenvalue weighted by Crippen LogP contribution is -2.39. The third-order valence-corrected chi connectivity index (χ3v) is 3.55. The molecule has 142 valence electrons. The fourth-order valence-electron chi connectivity index (χ4n) is 2.52. The number of aromatic nitrogens is 2. The number of nitrogens with one attached hydrogen (secondary N) is 1. The number of hydrogen-bond acceptors (Lipinski definition) is 5. The molecule has 0 saturated heterocycles. The molecule has 1 rings (SSSR count). The molecule has 1 amide bonds. The van der Waals surface area contributed by atoms with Gasteiger partial charge in [0.15, 0.2) is 0 Å². The van der Waals surface area contributed by atoms with Gasteiger partial charge in [0.25, 0.3) is 0 Å². The molecular weight excluding hydrogens is 320 g/mol. The second kappa shape index (κ2) is 8.27. The van der Waals surface area contributed by atoms with E-state index in [1.54, 1.807) is 11.7 Å². The highest BCUT2D eigenvalue weighted by molar-refractivity contribution is 5.69. The van der Waals surface area contributed by atoms with Crippen molar-refractivity contribution in [1.29, 1.82) is 0 Å². The van der Waals surface area contributed by atoms with E-state index in [9.17, 15) is 4.79 Å². The van der Waals surface area contributed by atoms with Crippen molar-refractivity contribution in [3.05, 3.63) is 17.3 Å². The van der Waals surface area contributed by atoms with Crippen molar-refractivity contribution in [3.8, 4) is 5.88 Å². The van der Waals surface area contributed by atoms with Crippen LogP contribution in [-0.2, 0) is 11.8 Å². The molecule has 1 heterocycles. The summed E-state index contributed by atoms with van der Waals surface area (Å²) in [5.74, 6) is 0.671. The Morgan fingerprint density at radius 2 is 2.04 bits per heavy atom. The average molecular weight is 352 g/mol. The zero-order chi connectivity index (χ0) is 19.4. The molecule has 0 fully saturated rings. The van der Waals surface area contributed by atoms with Gasteiger partial charge >= 0.3 is 6.09 Å². The van der Waals surface area contributed by atoms with Crippen LogP contribution >= 0.6 is 0 Å². The van der Waals surface area contributed by atoms with Crippen molar-refractivity contribution < 1.29 is 14.3 Å². The number of allylic oxidation sites excluding steroid dienone is 1. The van der Waals surface area contributed by atoms with Crippen molar-refractivity contribution >= 4 is 11.8 Å². The summed E-state index contributed by atoms with van der Waals surface area (Å²) in [5.41, 5.74) is 2.25. The third-order valence-electron chi connectivity index (χ3n) is 3.55. The average Bonchev–Trinajstić information content (AvgIpc) is 2.74. The smallest absolute Gasteiger partial charge is 0.410 e. The maximum Gasteiger partial charge on any atom is 0.410 e. The van der Waals surface area contributed by atoms with Gasteiger partial charge in [0.05, 0.1) is 17.8 Å². The first kappa shape index (κ1) is 20.9. The molecule has 0 aliphatic carbocycles. The number of rotatable bonds is 6. The number of likely N-dealkylation sites (N-methyl/N-ethyl adjacent to an activating group) is 1. The Morgan fingerprint density at radius 3 is 2.52 bits per heavy atom. The van der Waals surface area contributed by atoms with Crippen molar-refractivity contribution in [3.63, 3.8) is 0 Å². The Labute approximate surface area is 151 Å². The highest BCUT2D eigenvalue weighted by atomic mass is 16.6. The molecule has 0 aliphatic heterocycles. The minimum absolute atomic E-state index is 0.221. The molecule has 0 unspecified atom stereocenters. The van der Waals surface area contributed by atoms with Crippen LogP contribution in [0.4, 0.5) is 4.79 Å².